The van der Waals surface area contributed by atoms with E-state index in [9.17, 15) is 4.79 Å². The van der Waals surface area contributed by atoms with Crippen LogP contribution in [0, 0.1) is 0 Å². The van der Waals surface area contributed by atoms with Crippen molar-refractivity contribution in [2.24, 2.45) is 0 Å². The second kappa shape index (κ2) is 5.97. The number of rotatable bonds is 4. The van der Waals surface area contributed by atoms with Gasteiger partial charge in [-0.25, -0.2) is 0 Å². The fourth-order valence-electron chi connectivity index (χ4n) is 2.57. The molecule has 5 heteroatoms. The number of fused-ring (bicyclic) bond motifs is 1. The molecule has 0 fully saturated rings. The fourth-order valence-corrected chi connectivity index (χ4v) is 2.57. The van der Waals surface area contributed by atoms with E-state index < -0.39 is 0 Å². The highest BCUT2D eigenvalue weighted by Crippen LogP contribution is 2.35. The lowest BCUT2D eigenvalue weighted by atomic mass is 10.1. The van der Waals surface area contributed by atoms with E-state index in [1.54, 1.807) is 18.2 Å². The SMILES string of the molecule is COc1cccc(OC)c1C(=O)Nc1cccc2c1OCC2. The van der Waals surface area contributed by atoms with E-state index >= 15 is 0 Å². The third kappa shape index (κ3) is 2.45. The molecular weight excluding hydrogens is 282 g/mol. The van der Waals surface area contributed by atoms with Crippen molar-refractivity contribution in [2.75, 3.05) is 26.1 Å². The largest absolute Gasteiger partial charge is 0.496 e. The molecule has 0 atom stereocenters. The number of carbonyl (C=O) groups excluding carboxylic acids is 1. The highest BCUT2D eigenvalue weighted by molar-refractivity contribution is 6.09. The maximum Gasteiger partial charge on any atom is 0.263 e. The Balaban J connectivity index is 1.95. The fraction of sp³-hybridized carbons (Fsp3) is 0.235. The quantitative estimate of drug-likeness (QED) is 0.943. The van der Waals surface area contributed by atoms with E-state index in [4.69, 9.17) is 14.2 Å². The molecule has 0 bridgehead atoms. The molecule has 1 heterocycles. The summed E-state index contributed by atoms with van der Waals surface area (Å²) in [6.07, 6.45) is 0.858. The van der Waals surface area contributed by atoms with E-state index in [0.717, 1.165) is 17.7 Å². The van der Waals surface area contributed by atoms with Crippen molar-refractivity contribution < 1.29 is 19.0 Å². The number of ether oxygens (including phenoxy) is 3. The molecule has 0 spiro atoms. The third-order valence-corrected chi connectivity index (χ3v) is 3.62. The van der Waals surface area contributed by atoms with Crippen LogP contribution in [-0.2, 0) is 6.42 Å². The number of methoxy groups -OCH3 is 2. The lowest BCUT2D eigenvalue weighted by Crippen LogP contribution is -2.15. The number of amides is 1. The van der Waals surface area contributed by atoms with Crippen LogP contribution < -0.4 is 19.5 Å². The average Bonchev–Trinajstić information content (AvgIpc) is 3.03. The second-order valence-electron chi connectivity index (χ2n) is 4.88. The van der Waals surface area contributed by atoms with E-state index in [2.05, 4.69) is 5.32 Å². The lowest BCUT2D eigenvalue weighted by molar-refractivity contribution is 0.102. The molecule has 3 rings (SSSR count). The minimum Gasteiger partial charge on any atom is -0.496 e. The number of benzene rings is 2. The van der Waals surface area contributed by atoms with Gasteiger partial charge in [-0.1, -0.05) is 18.2 Å². The van der Waals surface area contributed by atoms with Gasteiger partial charge in [0, 0.05) is 6.42 Å². The van der Waals surface area contributed by atoms with Crippen molar-refractivity contribution in [2.45, 2.75) is 6.42 Å². The standard InChI is InChI=1S/C17H17NO4/c1-20-13-7-4-8-14(21-2)15(13)17(19)18-12-6-3-5-11-9-10-22-16(11)12/h3-8H,9-10H2,1-2H3,(H,18,19). The summed E-state index contributed by atoms with van der Waals surface area (Å²) in [6, 6.07) is 11.0. The molecule has 22 heavy (non-hydrogen) atoms. The first-order chi connectivity index (χ1) is 10.7. The maximum atomic E-state index is 12.6. The van der Waals surface area contributed by atoms with Crippen LogP contribution in [0.3, 0.4) is 0 Å². The van der Waals surface area contributed by atoms with E-state index in [-0.39, 0.29) is 5.91 Å². The maximum absolute atomic E-state index is 12.6. The highest BCUT2D eigenvalue weighted by atomic mass is 16.5. The van der Waals surface area contributed by atoms with Crippen LogP contribution in [0.1, 0.15) is 15.9 Å². The van der Waals surface area contributed by atoms with Gasteiger partial charge in [0.25, 0.3) is 5.91 Å². The van der Waals surface area contributed by atoms with Crippen molar-refractivity contribution in [3.63, 3.8) is 0 Å². The predicted octanol–water partition coefficient (Wildman–Crippen LogP) is 2.89. The summed E-state index contributed by atoms with van der Waals surface area (Å²) in [5.74, 6) is 1.37. The van der Waals surface area contributed by atoms with Gasteiger partial charge in [-0.05, 0) is 23.8 Å². The predicted molar refractivity (Wildman–Crippen MR) is 83.1 cm³/mol. The Morgan fingerprint density at radius 2 is 1.77 bits per heavy atom. The molecule has 0 aliphatic carbocycles. The zero-order chi connectivity index (χ0) is 15.5. The third-order valence-electron chi connectivity index (χ3n) is 3.62. The normalized spacial score (nSPS) is 12.3. The van der Waals surface area contributed by atoms with Gasteiger partial charge in [0.05, 0.1) is 26.5 Å². The molecule has 2 aromatic carbocycles. The number of hydrogen-bond acceptors (Lipinski definition) is 4. The summed E-state index contributed by atoms with van der Waals surface area (Å²) in [5, 5.41) is 2.88. The van der Waals surface area contributed by atoms with E-state index in [0.29, 0.717) is 29.4 Å². The number of anilines is 1. The van der Waals surface area contributed by atoms with Crippen LogP contribution in [0.15, 0.2) is 36.4 Å². The van der Waals surface area contributed by atoms with Gasteiger partial charge in [0.15, 0.2) is 0 Å². The molecule has 0 radical (unpaired) electrons. The van der Waals surface area contributed by atoms with Crippen molar-refractivity contribution in [1.29, 1.82) is 0 Å². The zero-order valence-corrected chi connectivity index (χ0v) is 12.5. The monoisotopic (exact) mass is 299 g/mol. The van der Waals surface area contributed by atoms with Crippen molar-refractivity contribution in [3.05, 3.63) is 47.5 Å². The Morgan fingerprint density at radius 3 is 2.45 bits per heavy atom. The van der Waals surface area contributed by atoms with Gasteiger partial charge in [-0.3, -0.25) is 4.79 Å². The summed E-state index contributed by atoms with van der Waals surface area (Å²) in [5.41, 5.74) is 2.13. The van der Waals surface area contributed by atoms with Gasteiger partial charge in [0.1, 0.15) is 22.8 Å². The van der Waals surface area contributed by atoms with Crippen molar-refractivity contribution in [1.82, 2.24) is 0 Å². The van der Waals surface area contributed by atoms with Crippen LogP contribution in [0.25, 0.3) is 0 Å². The molecular formula is C17H17NO4. The van der Waals surface area contributed by atoms with Gasteiger partial charge >= 0.3 is 0 Å². The van der Waals surface area contributed by atoms with Gasteiger partial charge < -0.3 is 19.5 Å². The smallest absolute Gasteiger partial charge is 0.263 e. The van der Waals surface area contributed by atoms with E-state index in [1.165, 1.54) is 14.2 Å². The lowest BCUT2D eigenvalue weighted by Gasteiger charge is -2.14. The van der Waals surface area contributed by atoms with Crippen LogP contribution in [0.5, 0.6) is 17.2 Å². The Kier molecular flexibility index (Phi) is 3.87. The average molecular weight is 299 g/mol. The first-order valence-electron chi connectivity index (χ1n) is 7.01. The highest BCUT2D eigenvalue weighted by Gasteiger charge is 2.22. The first-order valence-corrected chi connectivity index (χ1v) is 7.01. The molecule has 1 N–H and O–H groups in total. The van der Waals surface area contributed by atoms with E-state index in [1.807, 2.05) is 18.2 Å². The number of carbonyl (C=O) groups is 1. The van der Waals surface area contributed by atoms with Gasteiger partial charge in [-0.2, -0.15) is 0 Å². The molecule has 1 amide bonds. The van der Waals surface area contributed by atoms with Gasteiger partial charge in [0.2, 0.25) is 0 Å². The van der Waals surface area contributed by atoms with Crippen LogP contribution in [-0.4, -0.2) is 26.7 Å². The van der Waals surface area contributed by atoms with Crippen LogP contribution in [0.2, 0.25) is 0 Å². The Morgan fingerprint density at radius 1 is 1.09 bits per heavy atom. The molecule has 0 unspecified atom stereocenters. The zero-order valence-electron chi connectivity index (χ0n) is 12.5. The number of hydrogen-bond donors (Lipinski definition) is 1. The minimum absolute atomic E-state index is 0.293. The summed E-state index contributed by atoms with van der Waals surface area (Å²) < 4.78 is 16.1. The molecule has 0 aromatic heterocycles. The summed E-state index contributed by atoms with van der Waals surface area (Å²) in [6.45, 7) is 0.639. The summed E-state index contributed by atoms with van der Waals surface area (Å²) in [7, 11) is 3.05. The molecule has 0 saturated heterocycles. The molecule has 1 aliphatic heterocycles. The molecule has 2 aromatic rings. The molecule has 5 nitrogen and oxygen atoms in total. The molecule has 114 valence electrons. The Bertz CT molecular complexity index is 690. The topological polar surface area (TPSA) is 56.8 Å². The van der Waals surface area contributed by atoms with Crippen molar-refractivity contribution >= 4 is 11.6 Å². The minimum atomic E-state index is -0.293. The van der Waals surface area contributed by atoms with Crippen molar-refractivity contribution in [3.8, 4) is 17.2 Å². The summed E-state index contributed by atoms with van der Waals surface area (Å²) >= 11 is 0. The Labute approximate surface area is 128 Å². The van der Waals surface area contributed by atoms with Crippen LogP contribution >= 0.6 is 0 Å². The van der Waals surface area contributed by atoms with Gasteiger partial charge in [-0.15, -0.1) is 0 Å². The first kappa shape index (κ1) is 14.3. The second-order valence-corrected chi connectivity index (χ2v) is 4.88. The Hall–Kier alpha value is -2.69. The number of nitrogens with one attached hydrogen (secondary N) is 1. The number of para-hydroxylation sites is 1. The summed E-state index contributed by atoms with van der Waals surface area (Å²) in [4.78, 5) is 12.6. The molecule has 0 saturated carbocycles. The van der Waals surface area contributed by atoms with Crippen LogP contribution in [0.4, 0.5) is 5.69 Å². The molecule has 1 aliphatic rings.